The van der Waals surface area contributed by atoms with Crippen molar-refractivity contribution in [3.05, 3.63) is 57.3 Å². The van der Waals surface area contributed by atoms with Crippen LogP contribution in [0, 0.1) is 0 Å². The summed E-state index contributed by atoms with van der Waals surface area (Å²) in [6, 6.07) is 10.4. The molecule has 1 aliphatic heterocycles. The summed E-state index contributed by atoms with van der Waals surface area (Å²) >= 11 is 1.78. The Morgan fingerprint density at radius 2 is 1.71 bits per heavy atom. The Kier molecular flexibility index (Phi) is 6.23. The zero-order chi connectivity index (χ0) is 19.3. The molecule has 0 N–H and O–H groups in total. The first kappa shape index (κ1) is 19.3. The Balaban J connectivity index is 1.24. The van der Waals surface area contributed by atoms with Crippen molar-refractivity contribution in [2.75, 3.05) is 26.2 Å². The fourth-order valence-electron chi connectivity index (χ4n) is 4.21. The molecule has 4 nitrogen and oxygen atoms in total. The van der Waals surface area contributed by atoms with E-state index in [1.165, 1.54) is 28.8 Å². The third-order valence-electron chi connectivity index (χ3n) is 5.92. The van der Waals surface area contributed by atoms with Crippen molar-refractivity contribution in [1.29, 1.82) is 0 Å². The number of amides is 1. The van der Waals surface area contributed by atoms with Gasteiger partial charge in [0.25, 0.3) is 0 Å². The lowest BCUT2D eigenvalue weighted by molar-refractivity contribution is -0.132. The van der Waals surface area contributed by atoms with Crippen molar-refractivity contribution >= 4 is 23.0 Å². The smallest absolute Gasteiger partial charge is 0.223 e. The summed E-state index contributed by atoms with van der Waals surface area (Å²) in [6.45, 7) is 4.30. The molecule has 1 fully saturated rings. The van der Waals surface area contributed by atoms with E-state index in [-0.39, 0.29) is 11.7 Å². The van der Waals surface area contributed by atoms with Crippen LogP contribution in [0.15, 0.2) is 35.7 Å². The highest BCUT2D eigenvalue weighted by molar-refractivity contribution is 7.09. The molecule has 1 amide bonds. The van der Waals surface area contributed by atoms with E-state index in [0.29, 0.717) is 12.8 Å². The maximum atomic E-state index is 12.6. The van der Waals surface area contributed by atoms with E-state index >= 15 is 0 Å². The summed E-state index contributed by atoms with van der Waals surface area (Å²) in [6.07, 6.45) is 5.29. The molecular formula is C23H28N2O2S. The SMILES string of the molecule is O=C(CCC(=O)N1CCN(Cc2cccs2)CC1)c1ccc2c(c1)CCCC2. The molecule has 0 saturated carbocycles. The van der Waals surface area contributed by atoms with Gasteiger partial charge in [-0.3, -0.25) is 14.5 Å². The van der Waals surface area contributed by atoms with Crippen molar-refractivity contribution in [2.45, 2.75) is 45.1 Å². The van der Waals surface area contributed by atoms with Gasteiger partial charge in [0.1, 0.15) is 0 Å². The van der Waals surface area contributed by atoms with Crippen molar-refractivity contribution < 1.29 is 9.59 Å². The van der Waals surface area contributed by atoms with Gasteiger partial charge in [-0.2, -0.15) is 0 Å². The number of aryl methyl sites for hydroxylation is 2. The van der Waals surface area contributed by atoms with Gasteiger partial charge >= 0.3 is 0 Å². The van der Waals surface area contributed by atoms with Crippen LogP contribution in [0.1, 0.15) is 52.0 Å². The minimum atomic E-state index is 0.0954. The average Bonchev–Trinajstić information content (AvgIpc) is 3.25. The quantitative estimate of drug-likeness (QED) is 0.695. The van der Waals surface area contributed by atoms with E-state index < -0.39 is 0 Å². The summed E-state index contributed by atoms with van der Waals surface area (Å²) in [4.78, 5) is 30.8. The van der Waals surface area contributed by atoms with Crippen molar-refractivity contribution in [1.82, 2.24) is 9.80 Å². The zero-order valence-electron chi connectivity index (χ0n) is 16.4. The number of Topliss-reactive ketones (excluding diaryl/α,β-unsaturated/α-hetero) is 1. The number of nitrogens with zero attached hydrogens (tertiary/aromatic N) is 2. The molecule has 2 aliphatic rings. The van der Waals surface area contributed by atoms with E-state index in [2.05, 4.69) is 34.5 Å². The Morgan fingerprint density at radius 1 is 0.929 bits per heavy atom. The van der Waals surface area contributed by atoms with Crippen LogP contribution in [0.25, 0.3) is 0 Å². The van der Waals surface area contributed by atoms with Gasteiger partial charge in [-0.1, -0.05) is 18.2 Å². The maximum Gasteiger partial charge on any atom is 0.223 e. The third kappa shape index (κ3) is 4.70. The predicted octanol–water partition coefficient (Wildman–Crippen LogP) is 3.93. The van der Waals surface area contributed by atoms with E-state index in [1.54, 1.807) is 11.3 Å². The van der Waals surface area contributed by atoms with Crippen LogP contribution in [0.2, 0.25) is 0 Å². The van der Waals surface area contributed by atoms with E-state index in [4.69, 9.17) is 0 Å². The molecule has 0 bridgehead atoms. The Hall–Kier alpha value is -1.98. The van der Waals surface area contributed by atoms with Crippen LogP contribution in [0.4, 0.5) is 0 Å². The molecule has 148 valence electrons. The number of ketones is 1. The van der Waals surface area contributed by atoms with E-state index in [9.17, 15) is 9.59 Å². The lowest BCUT2D eigenvalue weighted by Gasteiger charge is -2.34. The molecule has 28 heavy (non-hydrogen) atoms. The summed E-state index contributed by atoms with van der Waals surface area (Å²) < 4.78 is 0. The van der Waals surface area contributed by atoms with Crippen molar-refractivity contribution in [3.8, 4) is 0 Å². The number of rotatable bonds is 6. The number of hydrogen-bond acceptors (Lipinski definition) is 4. The normalized spacial score (nSPS) is 17.4. The number of piperazine rings is 1. The largest absolute Gasteiger partial charge is 0.340 e. The van der Waals surface area contributed by atoms with Gasteiger partial charge in [0.05, 0.1) is 0 Å². The standard InChI is InChI=1S/C23H28N2O2S/c26-22(20-8-7-18-4-1-2-5-19(18)16-20)9-10-23(27)25-13-11-24(12-14-25)17-21-6-3-15-28-21/h3,6-8,15-16H,1-2,4-5,9-14,17H2. The second kappa shape index (κ2) is 9.01. The molecule has 5 heteroatoms. The first-order valence-corrected chi connectivity index (χ1v) is 11.2. The van der Waals surface area contributed by atoms with Gasteiger partial charge in [0.2, 0.25) is 5.91 Å². The van der Waals surface area contributed by atoms with Crippen molar-refractivity contribution in [2.24, 2.45) is 0 Å². The van der Waals surface area contributed by atoms with Crippen molar-refractivity contribution in [3.63, 3.8) is 0 Å². The summed E-state index contributed by atoms with van der Waals surface area (Å²) in [5.41, 5.74) is 3.49. The molecule has 0 radical (unpaired) electrons. The van der Waals surface area contributed by atoms with E-state index in [0.717, 1.165) is 51.1 Å². The lowest BCUT2D eigenvalue weighted by atomic mass is 9.89. The van der Waals surface area contributed by atoms with Gasteiger partial charge in [-0.25, -0.2) is 0 Å². The fourth-order valence-corrected chi connectivity index (χ4v) is 4.95. The van der Waals surface area contributed by atoms with E-state index in [1.807, 2.05) is 11.0 Å². The highest BCUT2D eigenvalue weighted by Gasteiger charge is 2.22. The summed E-state index contributed by atoms with van der Waals surface area (Å²) in [7, 11) is 0. The van der Waals surface area contributed by atoms with Crippen LogP contribution in [0.5, 0.6) is 0 Å². The lowest BCUT2D eigenvalue weighted by Crippen LogP contribution is -2.48. The first-order valence-electron chi connectivity index (χ1n) is 10.4. The first-order chi connectivity index (χ1) is 13.7. The topological polar surface area (TPSA) is 40.6 Å². The minimum Gasteiger partial charge on any atom is -0.340 e. The van der Waals surface area contributed by atoms with Crippen LogP contribution >= 0.6 is 11.3 Å². The number of thiophene rings is 1. The maximum absolute atomic E-state index is 12.6. The number of fused-ring (bicyclic) bond motifs is 1. The van der Waals surface area contributed by atoms with Gasteiger partial charge in [0.15, 0.2) is 5.78 Å². The summed E-state index contributed by atoms with van der Waals surface area (Å²) in [5.74, 6) is 0.208. The number of hydrogen-bond donors (Lipinski definition) is 0. The second-order valence-corrected chi connectivity index (χ2v) is 8.88. The molecule has 2 heterocycles. The molecule has 1 aromatic carbocycles. The number of carbonyl (C=O) groups excluding carboxylic acids is 2. The van der Waals surface area contributed by atoms with Gasteiger partial charge in [-0.05, 0) is 54.3 Å². The number of benzene rings is 1. The van der Waals surface area contributed by atoms with Crippen LogP contribution in [-0.4, -0.2) is 47.7 Å². The molecule has 0 spiro atoms. The number of carbonyl (C=O) groups is 2. The predicted molar refractivity (Wildman–Crippen MR) is 113 cm³/mol. The molecule has 2 aromatic rings. The summed E-state index contributed by atoms with van der Waals surface area (Å²) in [5, 5.41) is 2.11. The zero-order valence-corrected chi connectivity index (χ0v) is 17.2. The Bertz CT molecular complexity index is 823. The Morgan fingerprint density at radius 3 is 2.46 bits per heavy atom. The molecular weight excluding hydrogens is 368 g/mol. The minimum absolute atomic E-state index is 0.0954. The van der Waals surface area contributed by atoms with Gasteiger partial charge in [-0.15, -0.1) is 11.3 Å². The average molecular weight is 397 g/mol. The highest BCUT2D eigenvalue weighted by Crippen LogP contribution is 2.23. The molecule has 1 saturated heterocycles. The second-order valence-electron chi connectivity index (χ2n) is 7.85. The molecule has 4 rings (SSSR count). The highest BCUT2D eigenvalue weighted by atomic mass is 32.1. The van der Waals surface area contributed by atoms with Gasteiger partial charge in [0, 0.05) is 56.0 Å². The van der Waals surface area contributed by atoms with Crippen LogP contribution in [-0.2, 0) is 24.2 Å². The monoisotopic (exact) mass is 396 g/mol. The van der Waals surface area contributed by atoms with Gasteiger partial charge < -0.3 is 4.90 Å². The Labute approximate surface area is 171 Å². The molecule has 0 unspecified atom stereocenters. The van der Waals surface area contributed by atoms with Crippen LogP contribution in [0.3, 0.4) is 0 Å². The molecule has 1 aromatic heterocycles. The van der Waals surface area contributed by atoms with Crippen LogP contribution < -0.4 is 0 Å². The third-order valence-corrected chi connectivity index (χ3v) is 6.78. The fraction of sp³-hybridized carbons (Fsp3) is 0.478. The molecule has 0 atom stereocenters. The molecule has 1 aliphatic carbocycles.